The molecule has 5 N–H and O–H groups in total. The van der Waals surface area contributed by atoms with Crippen molar-refractivity contribution in [3.63, 3.8) is 0 Å². The Hall–Kier alpha value is -4.23. The molecule has 5 rings (SSSR count). The van der Waals surface area contributed by atoms with Crippen molar-refractivity contribution in [2.75, 3.05) is 16.8 Å². The summed E-state index contributed by atoms with van der Waals surface area (Å²) in [4.78, 5) is 13.2. The van der Waals surface area contributed by atoms with E-state index in [1.165, 1.54) is 12.1 Å². The number of benzene rings is 3. The number of nitrogens with zero attached hydrogens (tertiary/aromatic N) is 3. The van der Waals surface area contributed by atoms with Crippen LogP contribution in [-0.4, -0.2) is 15.0 Å². The number of nitrogens with two attached hydrogens (primary N) is 2. The Labute approximate surface area is 194 Å². The average Bonchev–Trinajstić information content (AvgIpc) is 2.79. The van der Waals surface area contributed by atoms with Crippen molar-refractivity contribution in [1.82, 2.24) is 15.0 Å². The predicted octanol–water partition coefficient (Wildman–Crippen LogP) is 6.06. The van der Waals surface area contributed by atoms with Crippen LogP contribution in [0.3, 0.4) is 0 Å². The lowest BCUT2D eigenvalue weighted by molar-refractivity contribution is 0.628. The van der Waals surface area contributed by atoms with Crippen molar-refractivity contribution in [2.24, 2.45) is 0 Å². The predicted molar refractivity (Wildman–Crippen MR) is 132 cm³/mol. The van der Waals surface area contributed by atoms with Crippen molar-refractivity contribution in [3.8, 4) is 22.5 Å². The van der Waals surface area contributed by atoms with Gasteiger partial charge in [-0.05, 0) is 48.5 Å². The molecule has 2 heterocycles. The monoisotopic (exact) mass is 456 g/mol. The normalized spacial score (nSPS) is 11.0. The van der Waals surface area contributed by atoms with E-state index in [4.69, 9.17) is 23.1 Å². The maximum Gasteiger partial charge on any atom is 0.222 e. The molecule has 8 heteroatoms. The van der Waals surface area contributed by atoms with E-state index in [0.29, 0.717) is 39.0 Å². The van der Waals surface area contributed by atoms with Crippen LogP contribution in [0.15, 0.2) is 78.9 Å². The summed E-state index contributed by atoms with van der Waals surface area (Å²) in [5, 5.41) is 4.61. The van der Waals surface area contributed by atoms with Gasteiger partial charge < -0.3 is 16.8 Å². The lowest BCUT2D eigenvalue weighted by Crippen LogP contribution is -2.02. The molecule has 0 radical (unpaired) electrons. The van der Waals surface area contributed by atoms with Gasteiger partial charge in [-0.3, -0.25) is 0 Å². The summed E-state index contributed by atoms with van der Waals surface area (Å²) in [6.45, 7) is 0. The minimum absolute atomic E-state index is 0.136. The Bertz CT molecular complexity index is 1500. The molecule has 0 saturated heterocycles. The molecule has 0 atom stereocenters. The molecule has 0 spiro atoms. The van der Waals surface area contributed by atoms with Crippen molar-refractivity contribution < 1.29 is 4.39 Å². The molecule has 0 aliphatic rings. The maximum absolute atomic E-state index is 13.6. The van der Waals surface area contributed by atoms with Crippen LogP contribution < -0.4 is 16.8 Å². The number of nitrogens with one attached hydrogen (secondary N) is 1. The summed E-state index contributed by atoms with van der Waals surface area (Å²) in [5.41, 5.74) is 17.0. The molecular weight excluding hydrogens is 439 g/mol. The van der Waals surface area contributed by atoms with Crippen LogP contribution in [0.1, 0.15) is 0 Å². The van der Waals surface area contributed by atoms with Crippen molar-refractivity contribution >= 4 is 45.6 Å². The van der Waals surface area contributed by atoms with E-state index in [2.05, 4.69) is 20.3 Å². The van der Waals surface area contributed by atoms with Gasteiger partial charge in [0, 0.05) is 39.0 Å². The highest BCUT2D eigenvalue weighted by molar-refractivity contribution is 6.30. The molecule has 0 aliphatic carbocycles. The van der Waals surface area contributed by atoms with Gasteiger partial charge in [-0.2, -0.15) is 4.98 Å². The van der Waals surface area contributed by atoms with Gasteiger partial charge in [-0.1, -0.05) is 35.9 Å². The van der Waals surface area contributed by atoms with E-state index in [9.17, 15) is 4.39 Å². The smallest absolute Gasteiger partial charge is 0.222 e. The molecule has 0 aliphatic heterocycles. The fraction of sp³-hybridized carbons (Fsp3) is 0. The van der Waals surface area contributed by atoms with E-state index in [1.54, 1.807) is 30.3 Å². The van der Waals surface area contributed by atoms with Crippen LogP contribution in [0.25, 0.3) is 33.4 Å². The Morgan fingerprint density at radius 3 is 2.30 bits per heavy atom. The van der Waals surface area contributed by atoms with Gasteiger partial charge in [-0.25, -0.2) is 14.4 Å². The maximum atomic E-state index is 13.6. The van der Waals surface area contributed by atoms with E-state index >= 15 is 0 Å². The van der Waals surface area contributed by atoms with Gasteiger partial charge >= 0.3 is 0 Å². The van der Waals surface area contributed by atoms with Gasteiger partial charge in [0.25, 0.3) is 0 Å². The van der Waals surface area contributed by atoms with E-state index < -0.39 is 0 Å². The number of aromatic nitrogens is 3. The minimum atomic E-state index is -0.325. The minimum Gasteiger partial charge on any atom is -0.398 e. The van der Waals surface area contributed by atoms with E-state index in [0.717, 1.165) is 16.6 Å². The number of fused-ring (bicyclic) bond motifs is 1. The summed E-state index contributed by atoms with van der Waals surface area (Å²) in [7, 11) is 0. The zero-order chi connectivity index (χ0) is 22.9. The highest BCUT2D eigenvalue weighted by atomic mass is 35.5. The van der Waals surface area contributed by atoms with E-state index in [-0.39, 0.29) is 11.8 Å². The second-order valence-electron chi connectivity index (χ2n) is 7.47. The number of hydrogen-bond donors (Lipinski definition) is 3. The highest BCUT2D eigenvalue weighted by Crippen LogP contribution is 2.30. The molecule has 2 aromatic heterocycles. The first kappa shape index (κ1) is 20.7. The molecule has 0 saturated carbocycles. The van der Waals surface area contributed by atoms with Gasteiger partial charge in [-0.15, -0.1) is 0 Å². The Balaban J connectivity index is 1.49. The van der Waals surface area contributed by atoms with Crippen molar-refractivity contribution in [1.29, 1.82) is 0 Å². The molecule has 3 aromatic carbocycles. The average molecular weight is 457 g/mol. The number of nitrogen functional groups attached to an aromatic ring is 2. The van der Waals surface area contributed by atoms with Crippen LogP contribution in [-0.2, 0) is 0 Å². The third-order valence-electron chi connectivity index (χ3n) is 5.10. The third kappa shape index (κ3) is 4.40. The standard InChI is InChI=1S/C25H18ClFN6/c26-16-5-1-3-14(9-16)23-13-24(33-25(29)32-23)30-18-7-8-21-19(11-18)20(28)12-22(31-21)15-4-2-6-17(27)10-15/h1-13H,(H2,28,31)(H3,29,30,32,33). The Morgan fingerprint density at radius 1 is 0.758 bits per heavy atom. The molecule has 0 unspecified atom stereocenters. The fourth-order valence-electron chi connectivity index (χ4n) is 3.60. The number of halogens is 2. The third-order valence-corrected chi connectivity index (χ3v) is 5.33. The summed E-state index contributed by atoms with van der Waals surface area (Å²) < 4.78 is 13.6. The summed E-state index contributed by atoms with van der Waals surface area (Å²) in [6.07, 6.45) is 0. The fourth-order valence-corrected chi connectivity index (χ4v) is 3.79. The van der Waals surface area contributed by atoms with Crippen molar-refractivity contribution in [3.05, 3.63) is 89.7 Å². The SMILES string of the molecule is Nc1nc(Nc2ccc3nc(-c4cccc(F)c4)cc(N)c3c2)cc(-c2cccc(Cl)c2)n1. The molecule has 162 valence electrons. The number of hydrogen-bond acceptors (Lipinski definition) is 6. The topological polar surface area (TPSA) is 103 Å². The van der Waals surface area contributed by atoms with Gasteiger partial charge in [0.1, 0.15) is 11.6 Å². The molecule has 5 aromatic rings. The zero-order valence-electron chi connectivity index (χ0n) is 17.3. The quantitative estimate of drug-likeness (QED) is 0.304. The van der Waals surface area contributed by atoms with Crippen LogP contribution >= 0.6 is 11.6 Å². The largest absolute Gasteiger partial charge is 0.398 e. The van der Waals surface area contributed by atoms with Crippen LogP contribution in [0.2, 0.25) is 5.02 Å². The molecular formula is C25H18ClFN6. The number of anilines is 4. The van der Waals surface area contributed by atoms with Crippen LogP contribution in [0.4, 0.5) is 27.5 Å². The van der Waals surface area contributed by atoms with Gasteiger partial charge in [0.05, 0.1) is 16.9 Å². The first-order valence-electron chi connectivity index (χ1n) is 10.1. The molecule has 0 bridgehead atoms. The lowest BCUT2D eigenvalue weighted by atomic mass is 10.1. The lowest BCUT2D eigenvalue weighted by Gasteiger charge is -2.11. The van der Waals surface area contributed by atoms with Crippen LogP contribution in [0, 0.1) is 5.82 Å². The molecule has 6 nitrogen and oxygen atoms in total. The summed E-state index contributed by atoms with van der Waals surface area (Å²) >= 11 is 6.11. The van der Waals surface area contributed by atoms with Gasteiger partial charge in [0.15, 0.2) is 0 Å². The van der Waals surface area contributed by atoms with Crippen molar-refractivity contribution in [2.45, 2.75) is 0 Å². The second kappa shape index (κ2) is 8.37. The van der Waals surface area contributed by atoms with Crippen LogP contribution in [0.5, 0.6) is 0 Å². The molecule has 0 fully saturated rings. The van der Waals surface area contributed by atoms with Gasteiger partial charge in [0.2, 0.25) is 5.95 Å². The second-order valence-corrected chi connectivity index (χ2v) is 7.91. The first-order valence-corrected chi connectivity index (χ1v) is 10.5. The Morgan fingerprint density at radius 2 is 1.52 bits per heavy atom. The first-order chi connectivity index (χ1) is 15.9. The molecule has 0 amide bonds. The zero-order valence-corrected chi connectivity index (χ0v) is 18.0. The number of pyridine rings is 1. The summed E-state index contributed by atoms with van der Waals surface area (Å²) in [6, 6.07) is 22.7. The highest BCUT2D eigenvalue weighted by Gasteiger charge is 2.10. The molecule has 33 heavy (non-hydrogen) atoms. The number of rotatable bonds is 4. The van der Waals surface area contributed by atoms with E-state index in [1.807, 2.05) is 36.4 Å². The summed E-state index contributed by atoms with van der Waals surface area (Å²) in [5.74, 6) is 0.338. The Kier molecular flexibility index (Phi) is 5.24.